The number of carbonyl (C=O) groups is 3. The zero-order chi connectivity index (χ0) is 56.4. The molecule has 6 nitrogen and oxygen atoms in total. The highest BCUT2D eigenvalue weighted by Gasteiger charge is 2.19. The zero-order valence-corrected chi connectivity index (χ0v) is 51.2. The highest BCUT2D eigenvalue weighted by atomic mass is 16.6. The van der Waals surface area contributed by atoms with E-state index in [2.05, 4.69) is 130 Å². The zero-order valence-electron chi connectivity index (χ0n) is 51.2. The lowest BCUT2D eigenvalue weighted by Gasteiger charge is -2.18. The van der Waals surface area contributed by atoms with Crippen molar-refractivity contribution in [3.63, 3.8) is 0 Å². The lowest BCUT2D eigenvalue weighted by atomic mass is 10.0. The Morgan fingerprint density at radius 2 is 0.500 bits per heavy atom. The van der Waals surface area contributed by atoms with Crippen LogP contribution in [-0.2, 0) is 28.6 Å². The van der Waals surface area contributed by atoms with Crippen molar-refractivity contribution in [1.29, 1.82) is 0 Å². The Morgan fingerprint density at radius 1 is 0.269 bits per heavy atom. The second kappa shape index (κ2) is 65.6. The molecule has 0 spiro atoms. The fourth-order valence-corrected chi connectivity index (χ4v) is 9.14. The molecule has 0 saturated carbocycles. The second-order valence-corrected chi connectivity index (χ2v) is 21.7. The van der Waals surface area contributed by atoms with Crippen molar-refractivity contribution in [1.82, 2.24) is 0 Å². The van der Waals surface area contributed by atoms with Crippen molar-refractivity contribution in [2.45, 2.75) is 316 Å². The van der Waals surface area contributed by atoms with Crippen molar-refractivity contribution in [2.75, 3.05) is 13.2 Å². The van der Waals surface area contributed by atoms with Gasteiger partial charge in [-0.25, -0.2) is 0 Å². The van der Waals surface area contributed by atoms with Crippen molar-refractivity contribution in [2.24, 2.45) is 0 Å². The molecule has 0 heterocycles. The lowest BCUT2D eigenvalue weighted by molar-refractivity contribution is -0.167. The SMILES string of the molecule is CC/C=C\C/C=C\C/C=C\C/C=C\C/C=C\C/C=C\C/C=C\C/C=C\C/C=C\CCCCCCCC(=O)OCC(COC(=O)CCCCCCCC)OC(=O)CCCCCCCCCCCCCCCCCCCCCCC. The van der Waals surface area contributed by atoms with Gasteiger partial charge in [0.15, 0.2) is 6.10 Å². The van der Waals surface area contributed by atoms with Crippen LogP contribution in [0.4, 0.5) is 0 Å². The molecule has 0 fully saturated rings. The normalized spacial score (nSPS) is 12.8. The molecule has 0 radical (unpaired) electrons. The van der Waals surface area contributed by atoms with Gasteiger partial charge in [-0.1, -0.05) is 310 Å². The molecule has 0 rings (SSSR count). The van der Waals surface area contributed by atoms with Gasteiger partial charge in [-0.2, -0.15) is 0 Å². The monoisotopic (exact) mass is 1080 g/mol. The number of esters is 3. The number of ether oxygens (including phenoxy) is 3. The van der Waals surface area contributed by atoms with Crippen LogP contribution in [0.5, 0.6) is 0 Å². The van der Waals surface area contributed by atoms with E-state index >= 15 is 0 Å². The quantitative estimate of drug-likeness (QED) is 0.0261. The Balaban J connectivity index is 4.13. The summed E-state index contributed by atoms with van der Waals surface area (Å²) in [6, 6.07) is 0. The minimum atomic E-state index is -0.783. The first-order valence-corrected chi connectivity index (χ1v) is 32.9. The van der Waals surface area contributed by atoms with Crippen LogP contribution >= 0.6 is 0 Å². The second-order valence-electron chi connectivity index (χ2n) is 21.7. The van der Waals surface area contributed by atoms with E-state index in [0.29, 0.717) is 19.3 Å². The molecule has 1 unspecified atom stereocenters. The average molecular weight is 1080 g/mol. The van der Waals surface area contributed by atoms with Crippen LogP contribution in [0.25, 0.3) is 0 Å². The highest BCUT2D eigenvalue weighted by molar-refractivity contribution is 5.71. The summed E-state index contributed by atoms with van der Waals surface area (Å²) in [5.74, 6) is -0.902. The van der Waals surface area contributed by atoms with E-state index in [4.69, 9.17) is 14.2 Å². The Kier molecular flexibility index (Phi) is 62.3. The van der Waals surface area contributed by atoms with E-state index < -0.39 is 6.10 Å². The van der Waals surface area contributed by atoms with Crippen molar-refractivity contribution < 1.29 is 28.6 Å². The molecular formula is C72H122O6. The first-order chi connectivity index (χ1) is 38.5. The van der Waals surface area contributed by atoms with Crippen LogP contribution in [0.1, 0.15) is 310 Å². The van der Waals surface area contributed by atoms with Gasteiger partial charge in [0, 0.05) is 19.3 Å². The molecular weight excluding hydrogens is 961 g/mol. The van der Waals surface area contributed by atoms with Gasteiger partial charge in [-0.3, -0.25) is 14.4 Å². The third kappa shape index (κ3) is 62.9. The smallest absolute Gasteiger partial charge is 0.306 e. The maximum Gasteiger partial charge on any atom is 0.306 e. The maximum absolute atomic E-state index is 12.8. The topological polar surface area (TPSA) is 78.9 Å². The molecule has 6 heteroatoms. The molecule has 0 aliphatic carbocycles. The summed E-state index contributed by atoms with van der Waals surface area (Å²) in [6.45, 7) is 6.48. The molecule has 0 aromatic heterocycles. The van der Waals surface area contributed by atoms with Crippen molar-refractivity contribution >= 4 is 17.9 Å². The molecule has 0 aliphatic rings. The molecule has 0 aromatic carbocycles. The maximum atomic E-state index is 12.8. The molecule has 78 heavy (non-hydrogen) atoms. The van der Waals surface area contributed by atoms with Gasteiger partial charge < -0.3 is 14.2 Å². The van der Waals surface area contributed by atoms with Crippen LogP contribution in [0, 0.1) is 0 Å². The molecule has 0 bridgehead atoms. The Labute approximate surface area is 482 Å². The van der Waals surface area contributed by atoms with Crippen molar-refractivity contribution in [3.05, 3.63) is 109 Å². The van der Waals surface area contributed by atoms with Crippen LogP contribution in [-0.4, -0.2) is 37.2 Å². The molecule has 446 valence electrons. The molecule has 0 saturated heterocycles. The van der Waals surface area contributed by atoms with Gasteiger partial charge in [0.2, 0.25) is 0 Å². The fourth-order valence-electron chi connectivity index (χ4n) is 9.14. The number of rotatable bonds is 59. The van der Waals surface area contributed by atoms with E-state index in [0.717, 1.165) is 135 Å². The van der Waals surface area contributed by atoms with E-state index in [1.807, 2.05) is 0 Å². The average Bonchev–Trinajstić information content (AvgIpc) is 3.44. The third-order valence-corrected chi connectivity index (χ3v) is 14.0. The molecule has 0 amide bonds. The van der Waals surface area contributed by atoms with Gasteiger partial charge in [-0.15, -0.1) is 0 Å². The minimum Gasteiger partial charge on any atom is -0.462 e. The highest BCUT2D eigenvalue weighted by Crippen LogP contribution is 2.17. The Bertz CT molecular complexity index is 1570. The summed E-state index contributed by atoms with van der Waals surface area (Å²) in [4.78, 5) is 38.0. The minimum absolute atomic E-state index is 0.0820. The standard InChI is InChI=1S/C72H122O6/c1-4-7-10-13-16-18-20-22-24-26-28-30-31-32-33-34-35-36-37-38-39-40-41-43-44-46-48-50-52-54-56-59-62-65-71(74)77-68-69(67-76-70(73)64-61-58-15-12-9-6-3)78-72(75)66-63-60-57-55-53-51-49-47-45-42-29-27-25-23-21-19-17-14-11-8-5-2/h7,10,16,18,22,24,28,30,32-33,35-36,38-39,41,43,46,48,69H,4-6,8-9,11-15,17,19-21,23,25-27,29,31,34,37,40,42,44-45,47,49-68H2,1-3H3/b10-7-,18-16-,24-22-,30-28-,33-32-,36-35-,39-38-,43-41-,48-46-. The summed E-state index contributed by atoms with van der Waals surface area (Å²) in [6.07, 6.45) is 89.9. The summed E-state index contributed by atoms with van der Waals surface area (Å²) in [5, 5.41) is 0. The number of allylic oxidation sites excluding steroid dienone is 18. The van der Waals surface area contributed by atoms with E-state index in [1.54, 1.807) is 0 Å². The summed E-state index contributed by atoms with van der Waals surface area (Å²) < 4.78 is 16.8. The van der Waals surface area contributed by atoms with Crippen molar-refractivity contribution in [3.8, 4) is 0 Å². The number of hydrogen-bond donors (Lipinski definition) is 0. The van der Waals surface area contributed by atoms with Crippen LogP contribution in [0.3, 0.4) is 0 Å². The van der Waals surface area contributed by atoms with E-state index in [9.17, 15) is 14.4 Å². The van der Waals surface area contributed by atoms with Gasteiger partial charge in [0.05, 0.1) is 0 Å². The molecule has 0 aromatic rings. The third-order valence-electron chi connectivity index (χ3n) is 14.0. The number of carbonyl (C=O) groups excluding carboxylic acids is 3. The summed E-state index contributed by atoms with van der Waals surface area (Å²) in [5.41, 5.74) is 0. The summed E-state index contributed by atoms with van der Waals surface area (Å²) >= 11 is 0. The van der Waals surface area contributed by atoms with Crippen LogP contribution in [0.2, 0.25) is 0 Å². The van der Waals surface area contributed by atoms with Gasteiger partial charge >= 0.3 is 17.9 Å². The van der Waals surface area contributed by atoms with E-state index in [-0.39, 0.29) is 31.1 Å². The molecule has 0 N–H and O–H groups in total. The lowest BCUT2D eigenvalue weighted by Crippen LogP contribution is -2.30. The van der Waals surface area contributed by atoms with Gasteiger partial charge in [0.1, 0.15) is 13.2 Å². The number of unbranched alkanes of at least 4 members (excludes halogenated alkanes) is 30. The Morgan fingerprint density at radius 3 is 0.782 bits per heavy atom. The predicted molar refractivity (Wildman–Crippen MR) is 339 cm³/mol. The predicted octanol–water partition coefficient (Wildman–Crippen LogP) is 22.6. The largest absolute Gasteiger partial charge is 0.462 e. The van der Waals surface area contributed by atoms with Gasteiger partial charge in [0.25, 0.3) is 0 Å². The number of hydrogen-bond acceptors (Lipinski definition) is 6. The fraction of sp³-hybridized carbons (Fsp3) is 0.708. The summed E-state index contributed by atoms with van der Waals surface area (Å²) in [7, 11) is 0. The Hall–Kier alpha value is -3.93. The van der Waals surface area contributed by atoms with Crippen LogP contribution < -0.4 is 0 Å². The molecule has 0 aliphatic heterocycles. The molecule has 1 atom stereocenters. The van der Waals surface area contributed by atoms with Crippen LogP contribution in [0.15, 0.2) is 109 Å². The van der Waals surface area contributed by atoms with Gasteiger partial charge in [-0.05, 0) is 89.9 Å². The first kappa shape index (κ1) is 74.1. The van der Waals surface area contributed by atoms with E-state index in [1.165, 1.54) is 135 Å². The first-order valence-electron chi connectivity index (χ1n) is 32.9.